The van der Waals surface area contributed by atoms with E-state index in [-0.39, 0.29) is 23.9 Å². The number of alkyl carbamates (subject to hydrolysis) is 1. The summed E-state index contributed by atoms with van der Waals surface area (Å²) < 4.78 is 24.5. The Morgan fingerprint density at radius 3 is 2.94 bits per heavy atom. The lowest BCUT2D eigenvalue weighted by Gasteiger charge is -2.42. The summed E-state index contributed by atoms with van der Waals surface area (Å²) in [5.74, 6) is 1.91. The van der Waals surface area contributed by atoms with Crippen molar-refractivity contribution in [3.05, 3.63) is 83.8 Å². The SMILES string of the molecule is CCOC(=O)N[C@H]1CC[C@@H]2[C@H](Cc3ccoc3[C@H]2/C=C/c2ccc(-c3cccc(F)c3)cn2)C1. The van der Waals surface area contributed by atoms with Gasteiger partial charge in [0.25, 0.3) is 0 Å². The number of nitrogens with zero attached hydrogens (tertiary/aromatic N) is 1. The maximum atomic E-state index is 13.5. The van der Waals surface area contributed by atoms with E-state index in [1.807, 2.05) is 25.1 Å². The Hall–Kier alpha value is -3.41. The Morgan fingerprint density at radius 2 is 2.15 bits per heavy atom. The predicted octanol–water partition coefficient (Wildman–Crippen LogP) is 6.36. The molecule has 176 valence electrons. The van der Waals surface area contributed by atoms with Crippen molar-refractivity contribution in [2.45, 2.75) is 44.6 Å². The van der Waals surface area contributed by atoms with E-state index in [4.69, 9.17) is 9.15 Å². The van der Waals surface area contributed by atoms with Gasteiger partial charge in [-0.3, -0.25) is 4.98 Å². The van der Waals surface area contributed by atoms with E-state index >= 15 is 0 Å². The second-order valence-corrected chi connectivity index (χ2v) is 9.18. The number of ether oxygens (including phenoxy) is 1. The molecule has 2 aromatic heterocycles. The van der Waals surface area contributed by atoms with Gasteiger partial charge in [0.2, 0.25) is 0 Å². The van der Waals surface area contributed by atoms with Gasteiger partial charge in [0, 0.05) is 23.7 Å². The number of nitrogens with one attached hydrogen (secondary N) is 1. The zero-order valence-corrected chi connectivity index (χ0v) is 19.2. The molecule has 0 saturated heterocycles. The van der Waals surface area contributed by atoms with Crippen LogP contribution in [0.2, 0.25) is 0 Å². The van der Waals surface area contributed by atoms with Crippen molar-refractivity contribution in [1.82, 2.24) is 10.3 Å². The zero-order valence-electron chi connectivity index (χ0n) is 19.2. The minimum Gasteiger partial charge on any atom is -0.468 e. The van der Waals surface area contributed by atoms with Gasteiger partial charge in [0.15, 0.2) is 0 Å². The molecule has 6 heteroatoms. The smallest absolute Gasteiger partial charge is 0.407 e. The minimum absolute atomic E-state index is 0.149. The largest absolute Gasteiger partial charge is 0.468 e. The van der Waals surface area contributed by atoms with E-state index in [9.17, 15) is 9.18 Å². The number of fused-ring (bicyclic) bond motifs is 2. The molecular weight excluding hydrogens is 431 g/mol. The van der Waals surface area contributed by atoms with Crippen molar-refractivity contribution in [2.75, 3.05) is 6.61 Å². The zero-order chi connectivity index (χ0) is 23.5. The first kappa shape index (κ1) is 22.4. The van der Waals surface area contributed by atoms with Crippen LogP contribution in [0.25, 0.3) is 17.2 Å². The van der Waals surface area contributed by atoms with Crippen molar-refractivity contribution >= 4 is 12.2 Å². The molecule has 4 atom stereocenters. The van der Waals surface area contributed by atoms with E-state index in [0.717, 1.165) is 48.3 Å². The van der Waals surface area contributed by atoms with Crippen molar-refractivity contribution in [2.24, 2.45) is 11.8 Å². The third kappa shape index (κ3) is 4.76. The van der Waals surface area contributed by atoms with Gasteiger partial charge in [-0.05, 0) is 85.9 Å². The van der Waals surface area contributed by atoms with E-state index in [1.54, 1.807) is 18.5 Å². The van der Waals surface area contributed by atoms with Gasteiger partial charge in [-0.1, -0.05) is 24.3 Å². The third-order valence-corrected chi connectivity index (χ3v) is 7.08. The summed E-state index contributed by atoms with van der Waals surface area (Å²) in [5, 5.41) is 3.03. The van der Waals surface area contributed by atoms with Gasteiger partial charge in [0.05, 0.1) is 18.6 Å². The Bertz CT molecular complexity index is 1170. The maximum absolute atomic E-state index is 13.5. The third-order valence-electron chi connectivity index (χ3n) is 7.08. The fraction of sp³-hybridized carbons (Fsp3) is 0.357. The van der Waals surface area contributed by atoms with Crippen LogP contribution >= 0.6 is 0 Å². The number of pyridine rings is 1. The molecule has 3 aromatic rings. The molecule has 1 aromatic carbocycles. The highest BCUT2D eigenvalue weighted by Gasteiger charge is 2.41. The summed E-state index contributed by atoms with van der Waals surface area (Å²) >= 11 is 0. The van der Waals surface area contributed by atoms with E-state index in [2.05, 4.69) is 28.5 Å². The van der Waals surface area contributed by atoms with Gasteiger partial charge < -0.3 is 14.5 Å². The molecule has 0 aliphatic heterocycles. The molecule has 1 fully saturated rings. The van der Waals surface area contributed by atoms with Crippen LogP contribution in [0.1, 0.15) is 49.1 Å². The standard InChI is InChI=1S/C28H29FN2O3/c1-2-33-28(32)31-24-9-10-25-21(16-24)14-19-12-13-34-27(19)26(25)11-8-23-7-6-20(17-30-23)18-4-3-5-22(29)15-18/h3-8,11-13,15,17,21,24-26H,2,9-10,14,16H2,1H3,(H,31,32)/b11-8+/t21-,24+,25-,26+/m1/s1. The molecular formula is C28H29FN2O3. The molecule has 0 spiro atoms. The van der Waals surface area contributed by atoms with Gasteiger partial charge in [0.1, 0.15) is 11.6 Å². The normalized spacial score (nSPS) is 23.8. The first-order valence-corrected chi connectivity index (χ1v) is 12.0. The van der Waals surface area contributed by atoms with Crippen LogP contribution < -0.4 is 5.32 Å². The van der Waals surface area contributed by atoms with Gasteiger partial charge in [-0.15, -0.1) is 0 Å². The number of carbonyl (C=O) groups excluding carboxylic acids is 1. The molecule has 0 bridgehead atoms. The molecule has 1 saturated carbocycles. The lowest BCUT2D eigenvalue weighted by molar-refractivity contribution is 0.126. The van der Waals surface area contributed by atoms with E-state index in [0.29, 0.717) is 18.4 Å². The van der Waals surface area contributed by atoms with Crippen LogP contribution in [0.5, 0.6) is 0 Å². The number of aromatic nitrogens is 1. The van der Waals surface area contributed by atoms with Crippen LogP contribution in [0.4, 0.5) is 9.18 Å². The van der Waals surface area contributed by atoms with Gasteiger partial charge in [-0.25, -0.2) is 9.18 Å². The maximum Gasteiger partial charge on any atom is 0.407 e. The molecule has 0 radical (unpaired) electrons. The number of carbonyl (C=O) groups is 1. The van der Waals surface area contributed by atoms with Crippen LogP contribution in [0.3, 0.4) is 0 Å². The molecule has 0 unspecified atom stereocenters. The minimum atomic E-state index is -0.324. The molecule has 2 heterocycles. The number of furan rings is 1. The predicted molar refractivity (Wildman–Crippen MR) is 129 cm³/mol. The molecule has 1 N–H and O–H groups in total. The molecule has 5 rings (SSSR count). The highest BCUT2D eigenvalue weighted by molar-refractivity contribution is 5.67. The Labute approximate surface area is 199 Å². The van der Waals surface area contributed by atoms with Crippen molar-refractivity contribution in [3.63, 3.8) is 0 Å². The summed E-state index contributed by atoms with van der Waals surface area (Å²) in [6.45, 7) is 2.20. The van der Waals surface area contributed by atoms with E-state index in [1.165, 1.54) is 17.7 Å². The molecule has 2 aliphatic rings. The molecule has 5 nitrogen and oxygen atoms in total. The number of allylic oxidation sites excluding steroid dienone is 1. The summed E-state index contributed by atoms with van der Waals surface area (Å²) in [6.07, 6.45) is 11.4. The summed E-state index contributed by atoms with van der Waals surface area (Å²) in [7, 11) is 0. The first-order chi connectivity index (χ1) is 16.6. The summed E-state index contributed by atoms with van der Waals surface area (Å²) in [6, 6.07) is 12.7. The van der Waals surface area contributed by atoms with Gasteiger partial charge >= 0.3 is 6.09 Å². The second-order valence-electron chi connectivity index (χ2n) is 9.18. The lowest BCUT2D eigenvalue weighted by atomic mass is 9.64. The first-order valence-electron chi connectivity index (χ1n) is 12.0. The highest BCUT2D eigenvalue weighted by atomic mass is 19.1. The van der Waals surface area contributed by atoms with Crippen LogP contribution in [0, 0.1) is 17.7 Å². The molecule has 2 aliphatic carbocycles. The monoisotopic (exact) mass is 460 g/mol. The molecule has 1 amide bonds. The number of benzene rings is 1. The van der Waals surface area contributed by atoms with Crippen molar-refractivity contribution in [1.29, 1.82) is 0 Å². The number of hydrogen-bond acceptors (Lipinski definition) is 4. The number of halogens is 1. The lowest BCUT2D eigenvalue weighted by Crippen LogP contribution is -2.43. The fourth-order valence-corrected chi connectivity index (χ4v) is 5.53. The highest BCUT2D eigenvalue weighted by Crippen LogP contribution is 2.48. The number of rotatable bonds is 5. The van der Waals surface area contributed by atoms with Crippen molar-refractivity contribution < 1.29 is 18.3 Å². The second kappa shape index (κ2) is 9.84. The average Bonchev–Trinajstić information content (AvgIpc) is 3.30. The van der Waals surface area contributed by atoms with Crippen LogP contribution in [-0.2, 0) is 11.2 Å². The Balaban J connectivity index is 1.32. The van der Waals surface area contributed by atoms with Gasteiger partial charge in [-0.2, -0.15) is 0 Å². The van der Waals surface area contributed by atoms with Crippen LogP contribution in [0.15, 0.2) is 65.4 Å². The topological polar surface area (TPSA) is 64.4 Å². The fourth-order valence-electron chi connectivity index (χ4n) is 5.53. The van der Waals surface area contributed by atoms with E-state index < -0.39 is 0 Å². The van der Waals surface area contributed by atoms with Crippen LogP contribution in [-0.4, -0.2) is 23.7 Å². The number of amides is 1. The number of hydrogen-bond donors (Lipinski definition) is 1. The quantitative estimate of drug-likeness (QED) is 0.481. The molecule has 34 heavy (non-hydrogen) atoms. The average molecular weight is 461 g/mol. The van der Waals surface area contributed by atoms with Crippen molar-refractivity contribution in [3.8, 4) is 11.1 Å². The summed E-state index contributed by atoms with van der Waals surface area (Å²) in [4.78, 5) is 16.5. The summed E-state index contributed by atoms with van der Waals surface area (Å²) in [5.41, 5.74) is 3.80. The Morgan fingerprint density at radius 1 is 1.24 bits per heavy atom. The Kier molecular flexibility index (Phi) is 6.48.